The number of benzene rings is 1. The van der Waals surface area contributed by atoms with Crippen molar-refractivity contribution in [2.45, 2.75) is 32.2 Å². The Hall–Kier alpha value is -1.55. The molecule has 2 rings (SSSR count). The Bertz CT molecular complexity index is 410. The third-order valence-electron chi connectivity index (χ3n) is 3.56. The van der Waals surface area contributed by atoms with Crippen LogP contribution in [-0.2, 0) is 9.53 Å². The predicted molar refractivity (Wildman–Crippen MR) is 74.6 cm³/mol. The molecule has 1 aliphatic rings. The van der Waals surface area contributed by atoms with E-state index < -0.39 is 5.97 Å². The van der Waals surface area contributed by atoms with E-state index in [2.05, 4.69) is 36.1 Å². The van der Waals surface area contributed by atoms with E-state index in [1.165, 1.54) is 5.56 Å². The van der Waals surface area contributed by atoms with Gasteiger partial charge in [0.25, 0.3) is 0 Å². The summed E-state index contributed by atoms with van der Waals surface area (Å²) in [7, 11) is 0. The number of carboxylic acids is 1. The van der Waals surface area contributed by atoms with E-state index in [-0.39, 0.29) is 6.42 Å². The van der Waals surface area contributed by atoms with Crippen LogP contribution in [0.1, 0.15) is 24.8 Å². The van der Waals surface area contributed by atoms with Crippen molar-refractivity contribution < 1.29 is 14.6 Å². The number of aliphatic carboxylic acids is 1. The van der Waals surface area contributed by atoms with E-state index in [1.807, 2.05) is 0 Å². The minimum absolute atomic E-state index is 0.172. The zero-order valence-electron chi connectivity index (χ0n) is 11.3. The molecule has 1 fully saturated rings. The monoisotopic (exact) mass is 263 g/mol. The van der Waals surface area contributed by atoms with Crippen LogP contribution in [0.4, 0.5) is 5.69 Å². The molecule has 4 nitrogen and oxygen atoms in total. The average Bonchev–Trinajstić information content (AvgIpc) is 2.42. The molecule has 4 heteroatoms. The van der Waals surface area contributed by atoms with Crippen LogP contribution in [0.2, 0.25) is 0 Å². The second-order valence-corrected chi connectivity index (χ2v) is 5.02. The zero-order chi connectivity index (χ0) is 13.7. The number of rotatable bonds is 5. The molecule has 0 bridgehead atoms. The van der Waals surface area contributed by atoms with Crippen molar-refractivity contribution in [1.29, 1.82) is 0 Å². The predicted octanol–water partition coefficient (Wildman–Crippen LogP) is 2.46. The molecule has 1 heterocycles. The Labute approximate surface area is 114 Å². The number of hydrogen-bond donors (Lipinski definition) is 1. The zero-order valence-corrected chi connectivity index (χ0v) is 11.3. The lowest BCUT2D eigenvalue weighted by molar-refractivity contribution is -0.136. The standard InChI is InChI=1S/C15H21NO3/c1-12-2-4-13(5-3-12)16(9-6-15(17)18)14-7-10-19-11-8-14/h2-5,14H,6-11H2,1H3,(H,17,18). The van der Waals surface area contributed by atoms with E-state index in [0.717, 1.165) is 31.7 Å². The molecule has 0 atom stereocenters. The molecule has 0 aromatic heterocycles. The molecule has 1 aliphatic heterocycles. The molecule has 19 heavy (non-hydrogen) atoms. The molecule has 0 saturated carbocycles. The first-order valence-electron chi connectivity index (χ1n) is 6.79. The molecule has 1 N–H and O–H groups in total. The Kier molecular flexibility index (Phi) is 4.80. The van der Waals surface area contributed by atoms with Crippen molar-refractivity contribution in [2.24, 2.45) is 0 Å². The quantitative estimate of drug-likeness (QED) is 0.886. The summed E-state index contributed by atoms with van der Waals surface area (Å²) >= 11 is 0. The van der Waals surface area contributed by atoms with Crippen LogP contribution in [0.15, 0.2) is 24.3 Å². The van der Waals surface area contributed by atoms with Crippen LogP contribution < -0.4 is 4.90 Å². The van der Waals surface area contributed by atoms with Gasteiger partial charge in [0.15, 0.2) is 0 Å². The minimum atomic E-state index is -0.746. The highest BCUT2D eigenvalue weighted by Crippen LogP contribution is 2.23. The van der Waals surface area contributed by atoms with Crippen LogP contribution in [0.3, 0.4) is 0 Å². The first-order chi connectivity index (χ1) is 9.16. The number of aryl methyl sites for hydroxylation is 1. The average molecular weight is 263 g/mol. The molecule has 1 saturated heterocycles. The first kappa shape index (κ1) is 13.9. The summed E-state index contributed by atoms with van der Waals surface area (Å²) < 4.78 is 5.39. The molecule has 0 spiro atoms. The maximum absolute atomic E-state index is 10.8. The van der Waals surface area contributed by atoms with Gasteiger partial charge in [-0.25, -0.2) is 0 Å². The van der Waals surface area contributed by atoms with Gasteiger partial charge in [0.05, 0.1) is 6.42 Å². The summed E-state index contributed by atoms with van der Waals surface area (Å²) in [6.45, 7) is 4.14. The van der Waals surface area contributed by atoms with Crippen LogP contribution in [-0.4, -0.2) is 36.9 Å². The highest BCUT2D eigenvalue weighted by atomic mass is 16.5. The SMILES string of the molecule is Cc1ccc(N(CCC(=O)O)C2CCOCC2)cc1. The fourth-order valence-electron chi connectivity index (χ4n) is 2.47. The molecule has 1 aromatic rings. The third-order valence-corrected chi connectivity index (χ3v) is 3.56. The summed E-state index contributed by atoms with van der Waals surface area (Å²) in [5.41, 5.74) is 2.33. The van der Waals surface area contributed by atoms with Crippen molar-refractivity contribution in [1.82, 2.24) is 0 Å². The highest BCUT2D eigenvalue weighted by Gasteiger charge is 2.22. The van der Waals surface area contributed by atoms with Gasteiger partial charge in [0.1, 0.15) is 0 Å². The fourth-order valence-corrected chi connectivity index (χ4v) is 2.47. The molecule has 104 valence electrons. The van der Waals surface area contributed by atoms with Gasteiger partial charge in [-0.2, -0.15) is 0 Å². The van der Waals surface area contributed by atoms with Crippen molar-refractivity contribution in [3.8, 4) is 0 Å². The first-order valence-corrected chi connectivity index (χ1v) is 6.79. The van der Waals surface area contributed by atoms with Crippen LogP contribution >= 0.6 is 0 Å². The molecular formula is C15H21NO3. The van der Waals surface area contributed by atoms with Gasteiger partial charge in [-0.15, -0.1) is 0 Å². The Morgan fingerprint density at radius 1 is 1.32 bits per heavy atom. The Balaban J connectivity index is 2.12. The number of carbonyl (C=O) groups is 1. The van der Waals surface area contributed by atoms with Crippen LogP contribution in [0, 0.1) is 6.92 Å². The van der Waals surface area contributed by atoms with Crippen LogP contribution in [0.25, 0.3) is 0 Å². The van der Waals surface area contributed by atoms with Crippen molar-refractivity contribution in [2.75, 3.05) is 24.7 Å². The lowest BCUT2D eigenvalue weighted by Gasteiger charge is -2.36. The minimum Gasteiger partial charge on any atom is -0.481 e. The number of ether oxygens (including phenoxy) is 1. The Morgan fingerprint density at radius 3 is 2.53 bits per heavy atom. The summed E-state index contributed by atoms with van der Waals surface area (Å²) in [4.78, 5) is 13.0. The number of hydrogen-bond acceptors (Lipinski definition) is 3. The molecule has 0 unspecified atom stereocenters. The van der Waals surface area contributed by atoms with Crippen molar-refractivity contribution in [3.05, 3.63) is 29.8 Å². The molecule has 0 aliphatic carbocycles. The summed E-state index contributed by atoms with van der Waals surface area (Å²) in [5, 5.41) is 8.90. The maximum Gasteiger partial charge on any atom is 0.305 e. The molecule has 0 radical (unpaired) electrons. The topological polar surface area (TPSA) is 49.8 Å². The van der Waals surface area contributed by atoms with E-state index >= 15 is 0 Å². The summed E-state index contributed by atoms with van der Waals surface area (Å²) in [6.07, 6.45) is 2.10. The second-order valence-electron chi connectivity index (χ2n) is 5.02. The normalized spacial score (nSPS) is 16.3. The van der Waals surface area contributed by atoms with E-state index in [1.54, 1.807) is 0 Å². The Morgan fingerprint density at radius 2 is 1.95 bits per heavy atom. The van der Waals surface area contributed by atoms with Gasteiger partial charge in [0, 0.05) is 31.5 Å². The van der Waals surface area contributed by atoms with E-state index in [4.69, 9.17) is 9.84 Å². The van der Waals surface area contributed by atoms with Gasteiger partial charge < -0.3 is 14.7 Å². The van der Waals surface area contributed by atoms with Gasteiger partial charge in [0.2, 0.25) is 0 Å². The molecule has 1 aromatic carbocycles. The largest absolute Gasteiger partial charge is 0.481 e. The number of carboxylic acid groups (broad SMARTS) is 1. The van der Waals surface area contributed by atoms with Gasteiger partial charge in [-0.3, -0.25) is 4.79 Å². The smallest absolute Gasteiger partial charge is 0.305 e. The lowest BCUT2D eigenvalue weighted by Crippen LogP contribution is -2.40. The molecular weight excluding hydrogens is 242 g/mol. The molecule has 0 amide bonds. The van der Waals surface area contributed by atoms with Crippen molar-refractivity contribution in [3.63, 3.8) is 0 Å². The number of anilines is 1. The van der Waals surface area contributed by atoms with Gasteiger partial charge >= 0.3 is 5.97 Å². The van der Waals surface area contributed by atoms with Gasteiger partial charge in [-0.05, 0) is 31.9 Å². The maximum atomic E-state index is 10.8. The number of nitrogens with zero attached hydrogens (tertiary/aromatic N) is 1. The van der Waals surface area contributed by atoms with E-state index in [9.17, 15) is 4.79 Å². The van der Waals surface area contributed by atoms with Crippen molar-refractivity contribution >= 4 is 11.7 Å². The van der Waals surface area contributed by atoms with E-state index in [0.29, 0.717) is 12.6 Å². The second kappa shape index (κ2) is 6.57. The fraction of sp³-hybridized carbons (Fsp3) is 0.533. The lowest BCUT2D eigenvalue weighted by atomic mass is 10.1. The highest BCUT2D eigenvalue weighted by molar-refractivity contribution is 5.67. The van der Waals surface area contributed by atoms with Crippen LogP contribution in [0.5, 0.6) is 0 Å². The summed E-state index contributed by atoms with van der Waals surface area (Å²) in [6, 6.07) is 8.68. The summed E-state index contributed by atoms with van der Waals surface area (Å²) in [5.74, 6) is -0.746. The third kappa shape index (κ3) is 3.96. The van der Waals surface area contributed by atoms with Gasteiger partial charge in [-0.1, -0.05) is 17.7 Å².